The van der Waals surface area contributed by atoms with Crippen LogP contribution in [0.3, 0.4) is 0 Å². The van der Waals surface area contributed by atoms with Gasteiger partial charge in [-0.25, -0.2) is 4.57 Å². The first-order valence-electron chi connectivity index (χ1n) is 20.8. The highest BCUT2D eigenvalue weighted by Gasteiger charge is 2.76. The first-order chi connectivity index (χ1) is 29.3. The van der Waals surface area contributed by atoms with Gasteiger partial charge in [0.05, 0.1) is 24.4 Å². The van der Waals surface area contributed by atoms with Crippen LogP contribution in [0.1, 0.15) is 75.6 Å². The number of aromatic nitrogens is 1. The van der Waals surface area contributed by atoms with E-state index in [9.17, 15) is 48.5 Å². The number of halogens is 1. The number of benzene rings is 1. The zero-order valence-electron chi connectivity index (χ0n) is 34.8. The number of aliphatic hydroxyl groups is 1. The minimum Gasteiger partial charge on any atom is -0.481 e. The fraction of sp³-hybridized carbons (Fsp3) is 0.558. The summed E-state index contributed by atoms with van der Waals surface area (Å²) in [6.45, 7) is 3.55. The lowest BCUT2D eigenvalue weighted by Gasteiger charge is -2.59. The van der Waals surface area contributed by atoms with Gasteiger partial charge in [-0.05, 0) is 85.9 Å². The lowest BCUT2D eigenvalue weighted by Crippen LogP contribution is -2.63. The number of phosphoric ester groups is 1. The van der Waals surface area contributed by atoms with Crippen molar-refractivity contribution in [2.75, 3.05) is 30.3 Å². The summed E-state index contributed by atoms with van der Waals surface area (Å²) in [7, 11) is -3.20. The van der Waals surface area contributed by atoms with E-state index in [0.717, 1.165) is 16.8 Å². The molecule has 0 spiro atoms. The maximum atomic E-state index is 14.5. The van der Waals surface area contributed by atoms with Crippen molar-refractivity contribution in [2.24, 2.45) is 35.6 Å². The Hall–Kier alpha value is -3.84. The predicted octanol–water partition coefficient (Wildman–Crippen LogP) is 3.61. The summed E-state index contributed by atoms with van der Waals surface area (Å²) in [5.74, 6) is -3.29. The van der Waals surface area contributed by atoms with E-state index < -0.39 is 79.0 Å². The first-order valence-corrected chi connectivity index (χ1v) is 23.5. The number of nitrogens with one attached hydrogen (secondary N) is 3. The smallest absolute Gasteiger partial charge is 0.470 e. The number of phosphoric acid groups is 1. The fourth-order valence-corrected chi connectivity index (χ4v) is 11.7. The molecule has 7 N–H and O–H groups in total. The molecule has 0 bridgehead atoms. The normalized spacial score (nSPS) is 31.6. The topological polar surface area (TPSA) is 252 Å². The second-order valence-corrected chi connectivity index (χ2v) is 19.6. The van der Waals surface area contributed by atoms with Gasteiger partial charge in [0.1, 0.15) is 12.6 Å². The summed E-state index contributed by atoms with van der Waals surface area (Å²) >= 11 is 3.26. The Morgan fingerprint density at radius 1 is 1.11 bits per heavy atom. The van der Waals surface area contributed by atoms with Crippen molar-refractivity contribution in [1.82, 2.24) is 15.2 Å². The summed E-state index contributed by atoms with van der Waals surface area (Å²) in [4.78, 5) is 82.7. The number of nitrogens with zero attached hydrogens (tertiary/aromatic N) is 1. The number of carboxylic acids is 1. The molecule has 3 saturated carbocycles. The van der Waals surface area contributed by atoms with Crippen molar-refractivity contribution >= 4 is 58.8 Å². The maximum absolute atomic E-state index is 14.5. The summed E-state index contributed by atoms with van der Waals surface area (Å²) in [6, 6.07) is 9.74. The Morgan fingerprint density at radius 3 is 2.55 bits per heavy atom. The van der Waals surface area contributed by atoms with Gasteiger partial charge >= 0.3 is 13.8 Å². The Balaban J connectivity index is 1.07. The molecular formula is C43H54BrN4O13P. The Morgan fingerprint density at radius 2 is 1.85 bits per heavy atom. The molecule has 10 atom stereocenters. The van der Waals surface area contributed by atoms with Crippen molar-refractivity contribution in [2.45, 2.75) is 88.9 Å². The van der Waals surface area contributed by atoms with Gasteiger partial charge in [-0.3, -0.25) is 28.5 Å². The number of carbonyl (C=O) groups is 5. The van der Waals surface area contributed by atoms with Crippen LogP contribution in [0, 0.1) is 28.6 Å². The largest absolute Gasteiger partial charge is 0.481 e. The van der Waals surface area contributed by atoms with E-state index in [2.05, 4.69) is 38.8 Å². The van der Waals surface area contributed by atoms with Gasteiger partial charge < -0.3 is 50.0 Å². The van der Waals surface area contributed by atoms with E-state index in [1.807, 2.05) is 48.9 Å². The molecule has 2 heterocycles. The van der Waals surface area contributed by atoms with Crippen LogP contribution >= 0.6 is 23.8 Å². The molecule has 4 fully saturated rings. The second kappa shape index (κ2) is 18.0. The number of carboxylic acid groups (broad SMARTS) is 1. The molecule has 2 amide bonds. The van der Waals surface area contributed by atoms with E-state index in [1.165, 1.54) is 0 Å². The third-order valence-corrected chi connectivity index (χ3v) is 14.8. The molecule has 19 heteroatoms. The van der Waals surface area contributed by atoms with Crippen LogP contribution in [0.5, 0.6) is 0 Å². The summed E-state index contributed by atoms with van der Waals surface area (Å²) in [6.07, 6.45) is 4.32. The summed E-state index contributed by atoms with van der Waals surface area (Å²) in [5, 5.41) is 30.2. The standard InChI is InChI=1S/C43H54BrN4O13P/c1-41-15-14-28(49)19-25(41)6-10-29-30-20-35-43(34(51)23-59-62(56,57)58,42(30,2)21-33(50)38(29)41)61-40(60-35)32-12-9-27(48(32)3)18-24-4-7-26(8-5-24)46-39(55)31(11-13-37(53)54)47-36(52)22-45-17-16-44/h4-5,7-9,12,14-15,19,29-31,33,35,38,40,45,50H,6,10-11,13,16-18,20-23H2,1-3H3,(H,46,55)(H,47,52)(H,53,54)(H2,56,57,58)/t29-,30-,31-,33-,35+,38+,40+,41-,42-,43+/m0/s1. The third-order valence-electron chi connectivity index (χ3n) is 14.0. The average molecular weight is 946 g/mol. The zero-order valence-corrected chi connectivity index (χ0v) is 37.2. The van der Waals surface area contributed by atoms with Gasteiger partial charge in [0.2, 0.25) is 18.1 Å². The van der Waals surface area contributed by atoms with Crippen LogP contribution < -0.4 is 16.0 Å². The van der Waals surface area contributed by atoms with Crippen molar-refractivity contribution in [3.05, 3.63) is 77.2 Å². The summed E-state index contributed by atoms with van der Waals surface area (Å²) < 4.78 is 32.0. The molecule has 62 heavy (non-hydrogen) atoms. The van der Waals surface area contributed by atoms with Gasteiger partial charge in [0, 0.05) is 59.9 Å². The van der Waals surface area contributed by atoms with Gasteiger partial charge in [-0.2, -0.15) is 0 Å². The molecule has 7 rings (SSSR count). The van der Waals surface area contributed by atoms with Gasteiger partial charge in [0.25, 0.3) is 0 Å². The molecule has 1 aromatic heterocycles. The highest BCUT2D eigenvalue weighted by Crippen LogP contribution is 2.70. The van der Waals surface area contributed by atoms with E-state index in [-0.39, 0.29) is 49.3 Å². The number of ether oxygens (including phenoxy) is 2. The van der Waals surface area contributed by atoms with Crippen molar-refractivity contribution in [3.8, 4) is 0 Å². The van der Waals surface area contributed by atoms with Gasteiger partial charge in [-0.15, -0.1) is 0 Å². The minimum atomic E-state index is -5.04. The molecule has 0 unspecified atom stereocenters. The van der Waals surface area contributed by atoms with Gasteiger partial charge in [-0.1, -0.05) is 53.6 Å². The number of allylic oxidation sites excluding steroid dienone is 4. The number of alkyl halides is 1. The molecule has 1 aromatic carbocycles. The quantitative estimate of drug-likeness (QED) is 0.0680. The monoisotopic (exact) mass is 944 g/mol. The van der Waals surface area contributed by atoms with Crippen LogP contribution in [0.25, 0.3) is 0 Å². The molecule has 1 saturated heterocycles. The number of ketones is 2. The molecule has 336 valence electrons. The van der Waals surface area contributed by atoms with Crippen LogP contribution in [0.2, 0.25) is 0 Å². The molecule has 2 aromatic rings. The van der Waals surface area contributed by atoms with E-state index in [0.29, 0.717) is 48.9 Å². The number of hydrogen-bond donors (Lipinski definition) is 7. The first kappa shape index (κ1) is 46.2. The molecule has 1 aliphatic heterocycles. The number of Topliss-reactive ketones (excluding diaryl/α,β-unsaturated/α-hetero) is 1. The average Bonchev–Trinajstić information content (AvgIpc) is 3.84. The van der Waals surface area contributed by atoms with E-state index in [4.69, 9.17) is 14.0 Å². The SMILES string of the molecule is Cn1c(Cc2ccc(NC(=O)[C@H](CCC(=O)O)NC(=O)CNCCBr)cc2)ccc1[C@@H]1O[C@@H]2C[C@H]3[C@@H]4CCC5=CC(=O)C=C[C@]5(C)[C@H]4[C@@H](O)C[C@]3(C)[C@]2(C(=O)COP(=O)(O)O)O1. The molecule has 17 nitrogen and oxygen atoms in total. The molecular weight excluding hydrogens is 891 g/mol. The van der Waals surface area contributed by atoms with Crippen molar-refractivity contribution in [1.29, 1.82) is 0 Å². The predicted molar refractivity (Wildman–Crippen MR) is 227 cm³/mol. The minimum absolute atomic E-state index is 0.0300. The van der Waals surface area contributed by atoms with Crippen LogP contribution in [0.15, 0.2) is 60.2 Å². The van der Waals surface area contributed by atoms with Crippen molar-refractivity contribution in [3.63, 3.8) is 0 Å². The van der Waals surface area contributed by atoms with E-state index in [1.54, 1.807) is 24.3 Å². The highest BCUT2D eigenvalue weighted by atomic mass is 79.9. The lowest BCUT2D eigenvalue weighted by molar-refractivity contribution is -0.201. The number of carbonyl (C=O) groups excluding carboxylic acids is 4. The van der Waals surface area contributed by atoms with E-state index >= 15 is 0 Å². The molecule has 0 radical (unpaired) electrons. The number of aliphatic carboxylic acids is 1. The third kappa shape index (κ3) is 8.82. The summed E-state index contributed by atoms with van der Waals surface area (Å²) in [5.41, 5.74) is 0.509. The Labute approximate surface area is 367 Å². The Kier molecular flexibility index (Phi) is 13.4. The lowest BCUT2D eigenvalue weighted by atomic mass is 9.46. The number of rotatable bonds is 17. The Bertz CT molecular complexity index is 2210. The molecule has 4 aliphatic carbocycles. The zero-order chi connectivity index (χ0) is 44.8. The molecule has 5 aliphatic rings. The van der Waals surface area contributed by atoms with Crippen LogP contribution in [-0.4, -0.2) is 103 Å². The van der Waals surface area contributed by atoms with Gasteiger partial charge in [0.15, 0.2) is 17.2 Å². The number of anilines is 1. The van der Waals surface area contributed by atoms with Crippen LogP contribution in [-0.2, 0) is 56.0 Å². The van der Waals surface area contributed by atoms with Crippen LogP contribution in [0.4, 0.5) is 5.69 Å². The highest BCUT2D eigenvalue weighted by molar-refractivity contribution is 9.09. The number of fused-ring (bicyclic) bond motifs is 7. The number of amides is 2. The fourth-order valence-electron chi connectivity index (χ4n) is 11.1. The van der Waals surface area contributed by atoms with Crippen molar-refractivity contribution < 1.29 is 62.5 Å². The second-order valence-electron chi connectivity index (χ2n) is 17.5. The number of aliphatic hydroxyl groups excluding tert-OH is 1. The number of hydrogen-bond acceptors (Lipinski definition) is 11. The maximum Gasteiger partial charge on any atom is 0.470 e.